The smallest absolute Gasteiger partial charge is 0.238 e. The first-order valence-electron chi connectivity index (χ1n) is 6.04. The normalized spacial score (nSPS) is 13.2. The van der Waals surface area contributed by atoms with Gasteiger partial charge in [0.15, 0.2) is 0 Å². The van der Waals surface area contributed by atoms with E-state index in [4.69, 9.17) is 21.2 Å². The maximum atomic E-state index is 11.4. The molecule has 1 atom stereocenters. The number of hydrogen-bond acceptors (Lipinski definition) is 4. The van der Waals surface area contributed by atoms with E-state index in [9.17, 15) is 8.42 Å². The molecule has 0 radical (unpaired) electrons. The van der Waals surface area contributed by atoms with Crippen LogP contribution in [0.2, 0.25) is 5.02 Å². The number of nitrogens with one attached hydrogen (secondary N) is 1. The van der Waals surface area contributed by atoms with E-state index in [1.54, 1.807) is 12.3 Å². The molecule has 5 nitrogen and oxygen atoms in total. The van der Waals surface area contributed by atoms with Crippen molar-refractivity contribution in [1.29, 1.82) is 0 Å². The predicted molar refractivity (Wildman–Crippen MR) is 78.2 cm³/mol. The zero-order valence-electron chi connectivity index (χ0n) is 10.8. The number of primary sulfonamides is 1. The summed E-state index contributed by atoms with van der Waals surface area (Å²) in [5.41, 5.74) is 0.501. The third kappa shape index (κ3) is 3.33. The van der Waals surface area contributed by atoms with Gasteiger partial charge >= 0.3 is 0 Å². The summed E-state index contributed by atoms with van der Waals surface area (Å²) < 4.78 is 28.1. The number of furan rings is 1. The quantitative estimate of drug-likeness (QED) is 0.887. The van der Waals surface area contributed by atoms with E-state index in [-0.39, 0.29) is 10.9 Å². The number of hydrogen-bond donors (Lipinski definition) is 2. The number of nitrogens with two attached hydrogens (primary N) is 1. The van der Waals surface area contributed by atoms with Crippen molar-refractivity contribution in [2.24, 2.45) is 5.14 Å². The molecule has 1 aromatic carbocycles. The number of rotatable bonds is 5. The van der Waals surface area contributed by atoms with Crippen LogP contribution in [-0.4, -0.2) is 8.42 Å². The molecule has 20 heavy (non-hydrogen) atoms. The van der Waals surface area contributed by atoms with Crippen molar-refractivity contribution in [3.8, 4) is 0 Å². The fourth-order valence-corrected chi connectivity index (χ4v) is 2.56. The summed E-state index contributed by atoms with van der Waals surface area (Å²) in [5.74, 6) is 0.754. The molecule has 0 aliphatic carbocycles. The van der Waals surface area contributed by atoms with Crippen LogP contribution in [0.15, 0.2) is 45.9 Å². The van der Waals surface area contributed by atoms with Gasteiger partial charge in [0.1, 0.15) is 5.76 Å². The molecule has 7 heteroatoms. The Labute approximate surface area is 122 Å². The zero-order valence-corrected chi connectivity index (χ0v) is 12.4. The summed E-state index contributed by atoms with van der Waals surface area (Å²) in [6, 6.07) is 7.83. The van der Waals surface area contributed by atoms with Crippen LogP contribution in [-0.2, 0) is 10.0 Å². The Bertz CT molecular complexity index is 684. The van der Waals surface area contributed by atoms with Crippen molar-refractivity contribution in [2.75, 3.05) is 5.32 Å². The molecule has 2 aromatic rings. The van der Waals surface area contributed by atoms with Crippen LogP contribution < -0.4 is 10.5 Å². The van der Waals surface area contributed by atoms with E-state index in [0.29, 0.717) is 10.7 Å². The van der Waals surface area contributed by atoms with Gasteiger partial charge in [-0.1, -0.05) is 18.5 Å². The van der Waals surface area contributed by atoms with E-state index in [1.807, 2.05) is 13.0 Å². The number of anilines is 1. The Morgan fingerprint density at radius 1 is 1.40 bits per heavy atom. The minimum atomic E-state index is -3.76. The molecular weight excluding hydrogens is 300 g/mol. The Balaban J connectivity index is 2.33. The van der Waals surface area contributed by atoms with Gasteiger partial charge in [-0.3, -0.25) is 0 Å². The van der Waals surface area contributed by atoms with Gasteiger partial charge in [-0.2, -0.15) is 0 Å². The Hall–Kier alpha value is -1.50. The van der Waals surface area contributed by atoms with E-state index < -0.39 is 10.0 Å². The second kappa shape index (κ2) is 5.87. The molecule has 0 amide bonds. The molecule has 1 heterocycles. The zero-order chi connectivity index (χ0) is 14.8. The summed E-state index contributed by atoms with van der Waals surface area (Å²) in [7, 11) is -3.76. The van der Waals surface area contributed by atoms with Gasteiger partial charge in [-0.05, 0) is 36.8 Å². The SMILES string of the molecule is CCC(Nc1cc(S(N)(=O)=O)ccc1Cl)c1ccco1. The fourth-order valence-electron chi connectivity index (χ4n) is 1.84. The highest BCUT2D eigenvalue weighted by molar-refractivity contribution is 7.89. The third-order valence-corrected chi connectivity index (χ3v) is 4.13. The van der Waals surface area contributed by atoms with Crippen molar-refractivity contribution < 1.29 is 12.8 Å². The lowest BCUT2D eigenvalue weighted by Gasteiger charge is -2.17. The summed E-state index contributed by atoms with van der Waals surface area (Å²) in [5, 5.41) is 8.70. The molecule has 1 unspecified atom stereocenters. The number of benzene rings is 1. The summed E-state index contributed by atoms with van der Waals surface area (Å²) in [4.78, 5) is 0.0127. The Kier molecular flexibility index (Phi) is 4.37. The largest absolute Gasteiger partial charge is 0.467 e. The molecule has 2 rings (SSSR count). The highest BCUT2D eigenvalue weighted by atomic mass is 35.5. The minimum absolute atomic E-state index is 0.0127. The fraction of sp³-hybridized carbons (Fsp3) is 0.231. The van der Waals surface area contributed by atoms with Gasteiger partial charge in [-0.25, -0.2) is 13.6 Å². The monoisotopic (exact) mass is 314 g/mol. The van der Waals surface area contributed by atoms with E-state index >= 15 is 0 Å². The lowest BCUT2D eigenvalue weighted by molar-refractivity contribution is 0.474. The van der Waals surface area contributed by atoms with Crippen LogP contribution in [0.4, 0.5) is 5.69 Å². The Morgan fingerprint density at radius 2 is 2.15 bits per heavy atom. The second-order valence-corrected chi connectivity index (χ2v) is 6.28. The molecule has 108 valence electrons. The maximum Gasteiger partial charge on any atom is 0.238 e. The van der Waals surface area contributed by atoms with Crippen molar-refractivity contribution >= 4 is 27.3 Å². The first kappa shape index (κ1) is 14.9. The van der Waals surface area contributed by atoms with E-state index in [2.05, 4.69) is 5.32 Å². The van der Waals surface area contributed by atoms with Gasteiger partial charge in [0.2, 0.25) is 10.0 Å². The van der Waals surface area contributed by atoms with E-state index in [1.165, 1.54) is 18.2 Å². The third-order valence-electron chi connectivity index (χ3n) is 2.89. The lowest BCUT2D eigenvalue weighted by atomic mass is 10.1. The van der Waals surface area contributed by atoms with Crippen LogP contribution >= 0.6 is 11.6 Å². The second-order valence-electron chi connectivity index (χ2n) is 4.31. The van der Waals surface area contributed by atoms with Crippen LogP contribution in [0.25, 0.3) is 0 Å². The molecule has 0 saturated heterocycles. The molecule has 0 aliphatic heterocycles. The topological polar surface area (TPSA) is 85.3 Å². The molecule has 3 N–H and O–H groups in total. The summed E-state index contributed by atoms with van der Waals surface area (Å²) in [6.45, 7) is 1.98. The van der Waals surface area contributed by atoms with Crippen molar-refractivity contribution in [3.05, 3.63) is 47.4 Å². The molecular formula is C13H15ClN2O3S. The van der Waals surface area contributed by atoms with Gasteiger partial charge in [0, 0.05) is 0 Å². The van der Waals surface area contributed by atoms with Gasteiger partial charge < -0.3 is 9.73 Å². The van der Waals surface area contributed by atoms with Crippen molar-refractivity contribution in [2.45, 2.75) is 24.3 Å². The minimum Gasteiger partial charge on any atom is -0.467 e. The van der Waals surface area contributed by atoms with Gasteiger partial charge in [0.25, 0.3) is 0 Å². The predicted octanol–water partition coefficient (Wildman–Crippen LogP) is 3.14. The average molecular weight is 315 g/mol. The highest BCUT2D eigenvalue weighted by Crippen LogP contribution is 2.30. The molecule has 0 saturated carbocycles. The highest BCUT2D eigenvalue weighted by Gasteiger charge is 2.16. The van der Waals surface area contributed by atoms with Gasteiger partial charge in [0.05, 0.1) is 27.9 Å². The lowest BCUT2D eigenvalue weighted by Crippen LogP contribution is -2.14. The molecule has 0 fully saturated rings. The van der Waals surface area contributed by atoms with Crippen molar-refractivity contribution in [3.63, 3.8) is 0 Å². The number of sulfonamides is 1. The molecule has 1 aromatic heterocycles. The standard InChI is InChI=1S/C13H15ClN2O3S/c1-2-11(13-4-3-7-19-13)16-12-8-9(20(15,17)18)5-6-10(12)14/h3-8,11,16H,2H2,1H3,(H2,15,17,18). The average Bonchev–Trinajstić information content (AvgIpc) is 2.90. The van der Waals surface area contributed by atoms with E-state index in [0.717, 1.165) is 12.2 Å². The van der Waals surface area contributed by atoms with Gasteiger partial charge in [-0.15, -0.1) is 0 Å². The van der Waals surface area contributed by atoms with Crippen LogP contribution in [0.5, 0.6) is 0 Å². The molecule has 0 aliphatic rings. The van der Waals surface area contributed by atoms with Crippen LogP contribution in [0, 0.1) is 0 Å². The first-order valence-corrected chi connectivity index (χ1v) is 7.96. The Morgan fingerprint density at radius 3 is 2.70 bits per heavy atom. The molecule has 0 bridgehead atoms. The molecule has 0 spiro atoms. The van der Waals surface area contributed by atoms with Crippen molar-refractivity contribution in [1.82, 2.24) is 0 Å². The van der Waals surface area contributed by atoms with Crippen LogP contribution in [0.1, 0.15) is 25.1 Å². The summed E-state index contributed by atoms with van der Waals surface area (Å²) in [6.07, 6.45) is 2.34. The summed E-state index contributed by atoms with van der Waals surface area (Å²) >= 11 is 6.08. The first-order chi connectivity index (χ1) is 9.41. The number of halogens is 1. The maximum absolute atomic E-state index is 11.4. The van der Waals surface area contributed by atoms with Crippen LogP contribution in [0.3, 0.4) is 0 Å².